The highest BCUT2D eigenvalue weighted by Crippen LogP contribution is 2.39. The Balaban J connectivity index is 2.52. The summed E-state index contributed by atoms with van der Waals surface area (Å²) < 4.78 is 0. The Hall–Kier alpha value is -0.120. The highest BCUT2D eigenvalue weighted by atomic mass is 15.2. The minimum absolute atomic E-state index is 0.508. The lowest BCUT2D eigenvalue weighted by Crippen LogP contribution is -2.47. The van der Waals surface area contributed by atoms with E-state index in [1.54, 1.807) is 0 Å². The molecule has 0 aromatic heterocycles. The molecule has 0 aliphatic heterocycles. The van der Waals surface area contributed by atoms with Crippen LogP contribution in [0.4, 0.5) is 0 Å². The van der Waals surface area contributed by atoms with Gasteiger partial charge in [-0.3, -0.25) is 0 Å². The lowest BCUT2D eigenvalue weighted by atomic mass is 9.69. The summed E-state index contributed by atoms with van der Waals surface area (Å²) in [7, 11) is 6.62. The first-order valence-corrected chi connectivity index (χ1v) is 8.51. The number of likely N-dealkylation sites (N-methyl/N-ethyl adjacent to an activating group) is 2. The third kappa shape index (κ3) is 6.55. The number of nitrogens with one attached hydrogen (secondary N) is 1. The van der Waals surface area contributed by atoms with E-state index < -0.39 is 0 Å². The number of hydrogen-bond donors (Lipinski definition) is 1. The summed E-state index contributed by atoms with van der Waals surface area (Å²) in [5.74, 6) is 0.898. The van der Waals surface area contributed by atoms with Crippen LogP contribution >= 0.6 is 0 Å². The van der Waals surface area contributed by atoms with Gasteiger partial charge in [0.15, 0.2) is 0 Å². The van der Waals surface area contributed by atoms with Crippen LogP contribution in [0.3, 0.4) is 0 Å². The van der Waals surface area contributed by atoms with Crippen molar-refractivity contribution in [3.8, 4) is 0 Å². The average molecular weight is 284 g/mol. The molecule has 1 aliphatic rings. The number of nitrogens with zero attached hydrogens (tertiary/aromatic N) is 2. The summed E-state index contributed by atoms with van der Waals surface area (Å²) in [6, 6.07) is 0. The Morgan fingerprint density at radius 3 is 2.55 bits per heavy atom. The third-order valence-electron chi connectivity index (χ3n) is 4.65. The predicted octanol–water partition coefficient (Wildman–Crippen LogP) is 2.68. The quantitative estimate of drug-likeness (QED) is 0.656. The van der Waals surface area contributed by atoms with Gasteiger partial charge in [-0.25, -0.2) is 0 Å². The predicted molar refractivity (Wildman–Crippen MR) is 89.3 cm³/mol. The van der Waals surface area contributed by atoms with E-state index in [1.807, 2.05) is 0 Å². The fourth-order valence-electron chi connectivity index (χ4n) is 3.68. The molecule has 0 bridgehead atoms. The van der Waals surface area contributed by atoms with E-state index in [0.717, 1.165) is 19.0 Å². The standard InChI is InChI=1S/C17H37N3/c1-6-10-18-14-17(9-7-8-16(2)13-17)15-20(5)12-11-19(3)4/h16,18H,6-15H2,1-5H3. The van der Waals surface area contributed by atoms with Gasteiger partial charge in [0.25, 0.3) is 0 Å². The van der Waals surface area contributed by atoms with Gasteiger partial charge < -0.3 is 15.1 Å². The van der Waals surface area contributed by atoms with Crippen LogP contribution < -0.4 is 5.32 Å². The second-order valence-electron chi connectivity index (χ2n) is 7.42. The van der Waals surface area contributed by atoms with Crippen molar-refractivity contribution < 1.29 is 0 Å². The third-order valence-corrected chi connectivity index (χ3v) is 4.65. The van der Waals surface area contributed by atoms with Crippen molar-refractivity contribution in [2.45, 2.75) is 46.0 Å². The van der Waals surface area contributed by atoms with Gasteiger partial charge in [0.1, 0.15) is 0 Å². The molecule has 3 nitrogen and oxygen atoms in total. The molecule has 0 heterocycles. The van der Waals surface area contributed by atoms with Crippen molar-refractivity contribution in [1.82, 2.24) is 15.1 Å². The van der Waals surface area contributed by atoms with Crippen LogP contribution in [0.2, 0.25) is 0 Å². The molecule has 0 aromatic carbocycles. The summed E-state index contributed by atoms with van der Waals surface area (Å²) in [6.45, 7) is 10.7. The topological polar surface area (TPSA) is 18.5 Å². The molecule has 0 spiro atoms. The zero-order valence-corrected chi connectivity index (χ0v) is 14.5. The average Bonchev–Trinajstić information content (AvgIpc) is 2.36. The van der Waals surface area contributed by atoms with E-state index in [4.69, 9.17) is 0 Å². The van der Waals surface area contributed by atoms with Gasteiger partial charge in [0.2, 0.25) is 0 Å². The first-order valence-electron chi connectivity index (χ1n) is 8.51. The first kappa shape index (κ1) is 17.9. The molecule has 120 valence electrons. The summed E-state index contributed by atoms with van der Waals surface area (Å²) in [4.78, 5) is 4.83. The van der Waals surface area contributed by atoms with Crippen LogP contribution in [0, 0.1) is 11.3 Å². The molecule has 2 unspecified atom stereocenters. The number of hydrogen-bond acceptors (Lipinski definition) is 3. The summed E-state index contributed by atoms with van der Waals surface area (Å²) in [5, 5.41) is 3.70. The molecule has 1 rings (SSSR count). The summed E-state index contributed by atoms with van der Waals surface area (Å²) in [5.41, 5.74) is 0.508. The molecule has 3 heteroatoms. The fraction of sp³-hybridized carbons (Fsp3) is 1.00. The van der Waals surface area contributed by atoms with Crippen LogP contribution in [-0.4, -0.2) is 63.7 Å². The van der Waals surface area contributed by atoms with Crippen LogP contribution in [-0.2, 0) is 0 Å². The van der Waals surface area contributed by atoms with Crippen LogP contribution in [0.1, 0.15) is 46.0 Å². The molecule has 1 N–H and O–H groups in total. The highest BCUT2D eigenvalue weighted by Gasteiger charge is 2.35. The van der Waals surface area contributed by atoms with Gasteiger partial charge in [-0.1, -0.05) is 26.7 Å². The van der Waals surface area contributed by atoms with E-state index in [9.17, 15) is 0 Å². The normalized spacial score (nSPS) is 27.4. The van der Waals surface area contributed by atoms with Crippen molar-refractivity contribution in [2.24, 2.45) is 11.3 Å². The molecule has 0 amide bonds. The maximum absolute atomic E-state index is 3.70. The minimum atomic E-state index is 0.508. The van der Waals surface area contributed by atoms with Crippen LogP contribution in [0.25, 0.3) is 0 Å². The van der Waals surface area contributed by atoms with Gasteiger partial charge in [0.05, 0.1) is 0 Å². The second kappa shape index (κ2) is 9.01. The van der Waals surface area contributed by atoms with Crippen molar-refractivity contribution in [3.05, 3.63) is 0 Å². The first-order chi connectivity index (χ1) is 9.47. The molecule has 0 radical (unpaired) electrons. The lowest BCUT2D eigenvalue weighted by Gasteiger charge is -2.43. The molecule has 0 saturated heterocycles. The molecule has 2 atom stereocenters. The summed E-state index contributed by atoms with van der Waals surface area (Å²) in [6.07, 6.45) is 6.88. The lowest BCUT2D eigenvalue weighted by molar-refractivity contribution is 0.0891. The van der Waals surface area contributed by atoms with Crippen LogP contribution in [0.5, 0.6) is 0 Å². The van der Waals surface area contributed by atoms with Gasteiger partial charge in [-0.2, -0.15) is 0 Å². The van der Waals surface area contributed by atoms with Crippen molar-refractivity contribution >= 4 is 0 Å². The Kier molecular flexibility index (Phi) is 8.08. The Morgan fingerprint density at radius 1 is 1.20 bits per heavy atom. The molecule has 1 saturated carbocycles. The SMILES string of the molecule is CCCNCC1(CN(C)CCN(C)C)CCCC(C)C1. The molecule has 20 heavy (non-hydrogen) atoms. The fourth-order valence-corrected chi connectivity index (χ4v) is 3.68. The molecular formula is C17H37N3. The number of rotatable bonds is 9. The van der Waals surface area contributed by atoms with Crippen molar-refractivity contribution in [2.75, 3.05) is 53.9 Å². The Labute approximate surface area is 127 Å². The van der Waals surface area contributed by atoms with E-state index in [1.165, 1.54) is 51.7 Å². The van der Waals surface area contributed by atoms with Gasteiger partial charge in [0, 0.05) is 26.2 Å². The van der Waals surface area contributed by atoms with Crippen molar-refractivity contribution in [1.29, 1.82) is 0 Å². The second-order valence-corrected chi connectivity index (χ2v) is 7.42. The zero-order chi connectivity index (χ0) is 15.0. The molecular weight excluding hydrogens is 246 g/mol. The van der Waals surface area contributed by atoms with Gasteiger partial charge in [-0.15, -0.1) is 0 Å². The Bertz CT molecular complexity index is 255. The largest absolute Gasteiger partial charge is 0.316 e. The highest BCUT2D eigenvalue weighted by molar-refractivity contribution is 4.89. The zero-order valence-electron chi connectivity index (χ0n) is 14.5. The molecule has 1 fully saturated rings. The summed E-state index contributed by atoms with van der Waals surface area (Å²) >= 11 is 0. The maximum Gasteiger partial charge on any atom is 0.0106 e. The van der Waals surface area contributed by atoms with Gasteiger partial charge >= 0.3 is 0 Å². The van der Waals surface area contributed by atoms with E-state index >= 15 is 0 Å². The van der Waals surface area contributed by atoms with E-state index in [2.05, 4.69) is 50.1 Å². The monoisotopic (exact) mass is 283 g/mol. The van der Waals surface area contributed by atoms with Gasteiger partial charge in [-0.05, 0) is 58.3 Å². The Morgan fingerprint density at radius 2 is 1.95 bits per heavy atom. The molecule has 0 aromatic rings. The smallest absolute Gasteiger partial charge is 0.0106 e. The van der Waals surface area contributed by atoms with E-state index in [0.29, 0.717) is 5.41 Å². The van der Waals surface area contributed by atoms with E-state index in [-0.39, 0.29) is 0 Å². The van der Waals surface area contributed by atoms with Crippen LogP contribution in [0.15, 0.2) is 0 Å². The maximum atomic E-state index is 3.70. The molecule has 1 aliphatic carbocycles. The van der Waals surface area contributed by atoms with Crippen molar-refractivity contribution in [3.63, 3.8) is 0 Å². The minimum Gasteiger partial charge on any atom is -0.316 e.